The van der Waals surface area contributed by atoms with Crippen LogP contribution in [0.25, 0.3) is 6.08 Å². The minimum atomic E-state index is 0.998. The van der Waals surface area contributed by atoms with Crippen LogP contribution in [0.5, 0.6) is 0 Å². The number of hydrogen-bond donors (Lipinski definition) is 0. The van der Waals surface area contributed by atoms with Gasteiger partial charge in [-0.15, -0.1) is 0 Å². The SMILES string of the molecule is Cc1cc(C=C2Sc3ccccc3N2C)[nH+]c(N2CCCC2)n1. The van der Waals surface area contributed by atoms with Crippen LogP contribution >= 0.6 is 11.8 Å². The number of nitrogens with zero attached hydrogens (tertiary/aromatic N) is 3. The molecule has 5 heteroatoms. The number of aryl methyl sites for hydroxylation is 1. The zero-order chi connectivity index (χ0) is 15.8. The molecule has 2 aromatic rings. The Bertz CT molecular complexity index is 765. The Morgan fingerprint density at radius 2 is 2.00 bits per heavy atom. The summed E-state index contributed by atoms with van der Waals surface area (Å²) in [6.07, 6.45) is 4.74. The molecule has 1 aromatic heterocycles. The van der Waals surface area contributed by atoms with E-state index in [1.807, 2.05) is 11.8 Å². The van der Waals surface area contributed by atoms with E-state index in [4.69, 9.17) is 0 Å². The molecule has 1 N–H and O–H groups in total. The summed E-state index contributed by atoms with van der Waals surface area (Å²) in [5, 5.41) is 1.24. The third-order valence-electron chi connectivity index (χ3n) is 4.36. The van der Waals surface area contributed by atoms with Crippen molar-refractivity contribution in [2.24, 2.45) is 0 Å². The van der Waals surface area contributed by atoms with Crippen molar-refractivity contribution >= 4 is 29.5 Å². The van der Waals surface area contributed by atoms with E-state index in [1.165, 1.54) is 28.5 Å². The number of benzene rings is 1. The van der Waals surface area contributed by atoms with Crippen LogP contribution in [-0.2, 0) is 0 Å². The van der Waals surface area contributed by atoms with Crippen molar-refractivity contribution in [3.05, 3.63) is 46.7 Å². The summed E-state index contributed by atoms with van der Waals surface area (Å²) in [6, 6.07) is 10.6. The summed E-state index contributed by atoms with van der Waals surface area (Å²) in [5.41, 5.74) is 3.44. The van der Waals surface area contributed by atoms with Crippen LogP contribution < -0.4 is 14.8 Å². The topological polar surface area (TPSA) is 33.5 Å². The molecule has 0 radical (unpaired) electrons. The maximum Gasteiger partial charge on any atom is 0.392 e. The summed E-state index contributed by atoms with van der Waals surface area (Å²) in [7, 11) is 2.13. The Labute approximate surface area is 141 Å². The second-order valence-corrected chi connectivity index (χ2v) is 7.17. The molecule has 1 fully saturated rings. The fourth-order valence-electron chi connectivity index (χ4n) is 3.15. The second kappa shape index (κ2) is 5.89. The lowest BCUT2D eigenvalue weighted by atomic mass is 10.3. The Morgan fingerprint density at radius 1 is 1.22 bits per heavy atom. The highest BCUT2D eigenvalue weighted by Gasteiger charge is 2.24. The first-order valence-electron chi connectivity index (χ1n) is 8.09. The van der Waals surface area contributed by atoms with Crippen LogP contribution in [-0.4, -0.2) is 25.1 Å². The van der Waals surface area contributed by atoms with Crippen molar-refractivity contribution in [2.75, 3.05) is 29.9 Å². The minimum absolute atomic E-state index is 0.998. The van der Waals surface area contributed by atoms with E-state index in [-0.39, 0.29) is 0 Å². The lowest BCUT2D eigenvalue weighted by molar-refractivity contribution is -0.371. The molecule has 0 saturated carbocycles. The van der Waals surface area contributed by atoms with Gasteiger partial charge < -0.3 is 4.90 Å². The van der Waals surface area contributed by atoms with Gasteiger partial charge in [-0.05, 0) is 31.9 Å². The first-order chi connectivity index (χ1) is 11.2. The molecule has 4 nitrogen and oxygen atoms in total. The molecule has 2 aliphatic heterocycles. The van der Waals surface area contributed by atoms with Crippen molar-refractivity contribution in [2.45, 2.75) is 24.7 Å². The number of hydrogen-bond acceptors (Lipinski definition) is 4. The van der Waals surface area contributed by atoms with E-state index in [9.17, 15) is 0 Å². The lowest BCUT2D eigenvalue weighted by Crippen LogP contribution is -2.29. The first kappa shape index (κ1) is 14.6. The summed E-state index contributed by atoms with van der Waals surface area (Å²) in [6.45, 7) is 4.27. The molecule has 23 heavy (non-hydrogen) atoms. The van der Waals surface area contributed by atoms with Gasteiger partial charge in [0.15, 0.2) is 0 Å². The van der Waals surface area contributed by atoms with Crippen molar-refractivity contribution < 1.29 is 4.98 Å². The van der Waals surface area contributed by atoms with Gasteiger partial charge in [0, 0.05) is 24.1 Å². The van der Waals surface area contributed by atoms with Crippen LogP contribution in [0.2, 0.25) is 0 Å². The molecule has 0 bridgehead atoms. The van der Waals surface area contributed by atoms with E-state index >= 15 is 0 Å². The zero-order valence-electron chi connectivity index (χ0n) is 13.5. The van der Waals surface area contributed by atoms with Crippen LogP contribution in [0, 0.1) is 6.92 Å². The minimum Gasteiger partial charge on any atom is -0.338 e. The van der Waals surface area contributed by atoms with E-state index in [1.54, 1.807) is 0 Å². The van der Waals surface area contributed by atoms with Gasteiger partial charge in [-0.2, -0.15) is 0 Å². The predicted octanol–water partition coefficient (Wildman–Crippen LogP) is 3.34. The van der Waals surface area contributed by atoms with Gasteiger partial charge in [0.2, 0.25) is 0 Å². The zero-order valence-corrected chi connectivity index (χ0v) is 14.4. The molecule has 4 rings (SSSR count). The van der Waals surface area contributed by atoms with Gasteiger partial charge in [0.1, 0.15) is 11.4 Å². The Kier molecular flexibility index (Phi) is 3.73. The number of rotatable bonds is 2. The number of thioether (sulfide) groups is 1. The predicted molar refractivity (Wildman–Crippen MR) is 95.7 cm³/mol. The Morgan fingerprint density at radius 3 is 2.78 bits per heavy atom. The highest BCUT2D eigenvalue weighted by Crippen LogP contribution is 2.45. The van der Waals surface area contributed by atoms with E-state index in [0.29, 0.717) is 0 Å². The molecule has 0 unspecified atom stereocenters. The quantitative estimate of drug-likeness (QED) is 0.848. The number of para-hydroxylation sites is 1. The highest BCUT2D eigenvalue weighted by atomic mass is 32.2. The van der Waals surface area contributed by atoms with Gasteiger partial charge in [-0.3, -0.25) is 4.90 Å². The second-order valence-electron chi connectivity index (χ2n) is 6.11. The van der Waals surface area contributed by atoms with E-state index in [0.717, 1.165) is 30.4 Å². The summed E-state index contributed by atoms with van der Waals surface area (Å²) >= 11 is 1.82. The number of H-pyrrole nitrogens is 1. The molecule has 0 spiro atoms. The number of aromatic amines is 1. The molecule has 1 saturated heterocycles. The molecule has 1 aromatic carbocycles. The first-order valence-corrected chi connectivity index (χ1v) is 8.90. The van der Waals surface area contributed by atoms with Gasteiger partial charge in [0.25, 0.3) is 0 Å². The van der Waals surface area contributed by atoms with E-state index < -0.39 is 0 Å². The normalized spacial score (nSPS) is 18.8. The number of nitrogens with one attached hydrogen (secondary N) is 1. The van der Waals surface area contributed by atoms with Gasteiger partial charge >= 0.3 is 5.95 Å². The summed E-state index contributed by atoms with van der Waals surface area (Å²) < 4.78 is 0. The molecule has 0 amide bonds. The van der Waals surface area contributed by atoms with Gasteiger partial charge in [-0.25, -0.2) is 4.98 Å². The smallest absolute Gasteiger partial charge is 0.338 e. The number of anilines is 2. The molecule has 0 atom stereocenters. The third kappa shape index (κ3) is 2.81. The maximum atomic E-state index is 4.67. The van der Waals surface area contributed by atoms with Crippen molar-refractivity contribution in [3.63, 3.8) is 0 Å². The van der Waals surface area contributed by atoms with Gasteiger partial charge in [-0.1, -0.05) is 28.9 Å². The fraction of sp³-hybridized carbons (Fsp3) is 0.333. The van der Waals surface area contributed by atoms with Crippen LogP contribution in [0.4, 0.5) is 11.6 Å². The summed E-state index contributed by atoms with van der Waals surface area (Å²) in [4.78, 5) is 14.1. The molecule has 2 aliphatic rings. The molecular formula is C18H21N4S+. The molecule has 118 valence electrons. The fourth-order valence-corrected chi connectivity index (χ4v) is 4.26. The lowest BCUT2D eigenvalue weighted by Gasteiger charge is -2.13. The average molecular weight is 325 g/mol. The van der Waals surface area contributed by atoms with Crippen LogP contribution in [0.15, 0.2) is 40.3 Å². The van der Waals surface area contributed by atoms with Gasteiger partial charge in [0.05, 0.1) is 23.8 Å². The average Bonchev–Trinajstić information content (AvgIpc) is 3.17. The molecular weight excluding hydrogens is 304 g/mol. The van der Waals surface area contributed by atoms with Crippen molar-refractivity contribution in [1.82, 2.24) is 4.98 Å². The standard InChI is InChI=1S/C18H20N4S/c1-13-11-14(20-18(19-13)22-9-5-6-10-22)12-17-21(2)15-7-3-4-8-16(15)23-17/h3-4,7-8,11-12H,5-6,9-10H2,1-2H3/p+1. The maximum absolute atomic E-state index is 4.67. The highest BCUT2D eigenvalue weighted by molar-refractivity contribution is 8.03. The van der Waals surface area contributed by atoms with E-state index in [2.05, 4.69) is 70.1 Å². The Balaban J connectivity index is 1.66. The van der Waals surface area contributed by atoms with Crippen molar-refractivity contribution in [3.8, 4) is 0 Å². The molecule has 0 aliphatic carbocycles. The third-order valence-corrected chi connectivity index (χ3v) is 5.53. The summed E-state index contributed by atoms with van der Waals surface area (Å²) in [5.74, 6) is 0.998. The monoisotopic (exact) mass is 325 g/mol. The molecule has 3 heterocycles. The largest absolute Gasteiger partial charge is 0.392 e. The van der Waals surface area contributed by atoms with Crippen LogP contribution in [0.1, 0.15) is 24.2 Å². The van der Waals surface area contributed by atoms with Crippen molar-refractivity contribution in [1.29, 1.82) is 0 Å². The van der Waals surface area contributed by atoms with Crippen LogP contribution in [0.3, 0.4) is 0 Å². The Hall–Kier alpha value is -2.01. The number of fused-ring (bicyclic) bond motifs is 1. The number of aromatic nitrogens is 2.